The van der Waals surface area contributed by atoms with Crippen molar-refractivity contribution in [2.75, 3.05) is 5.75 Å². The maximum Gasteiger partial charge on any atom is 0.321 e. The average Bonchev–Trinajstić information content (AvgIpc) is 2.12. The summed E-state index contributed by atoms with van der Waals surface area (Å²) >= 11 is 1.48. The summed E-state index contributed by atoms with van der Waals surface area (Å²) in [5.74, 6) is 0.173. The van der Waals surface area contributed by atoms with Gasteiger partial charge in [-0.3, -0.25) is 4.79 Å². The monoisotopic (exact) mass is 133 g/mol. The van der Waals surface area contributed by atoms with Crippen molar-refractivity contribution in [2.24, 2.45) is 0 Å². The molecule has 0 radical (unpaired) electrons. The zero-order valence-corrected chi connectivity index (χ0v) is 5.07. The summed E-state index contributed by atoms with van der Waals surface area (Å²) in [6.07, 6.45) is 0.750. The standard InChI is InChI=1S/C4H7NO2S/c6-4(7)3-1-2-8-5-3/h3,5H,1-2H2,(H,6,7)/t3-/m0/s1. The molecular weight excluding hydrogens is 126 g/mol. The molecule has 0 amide bonds. The van der Waals surface area contributed by atoms with Gasteiger partial charge < -0.3 is 5.11 Å². The third kappa shape index (κ3) is 1.14. The molecule has 1 heterocycles. The van der Waals surface area contributed by atoms with Crippen LogP contribution in [0.1, 0.15) is 6.42 Å². The molecule has 0 aromatic carbocycles. The molecular formula is C4H7NO2S. The molecule has 0 saturated carbocycles. The first-order valence-corrected chi connectivity index (χ1v) is 3.39. The Morgan fingerprint density at radius 2 is 2.62 bits per heavy atom. The van der Waals surface area contributed by atoms with Crippen molar-refractivity contribution in [3.63, 3.8) is 0 Å². The second-order valence-corrected chi connectivity index (χ2v) is 2.58. The molecule has 3 nitrogen and oxygen atoms in total. The van der Waals surface area contributed by atoms with Crippen LogP contribution in [0.25, 0.3) is 0 Å². The van der Waals surface area contributed by atoms with Gasteiger partial charge in [-0.25, -0.2) is 4.72 Å². The molecule has 1 atom stereocenters. The lowest BCUT2D eigenvalue weighted by molar-refractivity contribution is -0.138. The number of hydrogen-bond donors (Lipinski definition) is 2. The summed E-state index contributed by atoms with van der Waals surface area (Å²) in [4.78, 5) is 10.1. The van der Waals surface area contributed by atoms with Crippen molar-refractivity contribution < 1.29 is 9.90 Å². The van der Waals surface area contributed by atoms with Crippen molar-refractivity contribution in [2.45, 2.75) is 12.5 Å². The summed E-state index contributed by atoms with van der Waals surface area (Å²) in [5.41, 5.74) is 0. The van der Waals surface area contributed by atoms with E-state index in [9.17, 15) is 4.79 Å². The van der Waals surface area contributed by atoms with Crippen LogP contribution >= 0.6 is 11.9 Å². The van der Waals surface area contributed by atoms with Crippen molar-refractivity contribution >= 4 is 17.9 Å². The Kier molecular flexibility index (Phi) is 1.75. The van der Waals surface area contributed by atoms with Crippen LogP contribution in [0.5, 0.6) is 0 Å². The summed E-state index contributed by atoms with van der Waals surface area (Å²) in [5, 5.41) is 8.34. The number of carboxylic acid groups (broad SMARTS) is 1. The molecule has 4 heteroatoms. The largest absolute Gasteiger partial charge is 0.480 e. The van der Waals surface area contributed by atoms with E-state index in [1.807, 2.05) is 0 Å². The first-order chi connectivity index (χ1) is 3.80. The van der Waals surface area contributed by atoms with Crippen molar-refractivity contribution in [3.05, 3.63) is 0 Å². The lowest BCUT2D eigenvalue weighted by Crippen LogP contribution is -2.26. The van der Waals surface area contributed by atoms with Gasteiger partial charge in [0.15, 0.2) is 0 Å². The highest BCUT2D eigenvalue weighted by atomic mass is 32.2. The van der Waals surface area contributed by atoms with Crippen LogP contribution in [0.2, 0.25) is 0 Å². The summed E-state index contributed by atoms with van der Waals surface area (Å²) < 4.78 is 2.77. The molecule has 46 valence electrons. The van der Waals surface area contributed by atoms with Gasteiger partial charge in [-0.05, 0) is 6.42 Å². The van der Waals surface area contributed by atoms with E-state index < -0.39 is 5.97 Å². The van der Waals surface area contributed by atoms with Crippen LogP contribution < -0.4 is 4.72 Å². The van der Waals surface area contributed by atoms with E-state index in [1.54, 1.807) is 0 Å². The van der Waals surface area contributed by atoms with Gasteiger partial charge in [0.05, 0.1) is 0 Å². The molecule has 0 spiro atoms. The third-order valence-corrected chi connectivity index (χ3v) is 1.92. The highest BCUT2D eigenvalue weighted by Gasteiger charge is 2.20. The normalized spacial score (nSPS) is 28.2. The highest BCUT2D eigenvalue weighted by Crippen LogP contribution is 2.11. The van der Waals surface area contributed by atoms with Crippen LogP contribution in [-0.2, 0) is 4.79 Å². The molecule has 0 bridgehead atoms. The number of rotatable bonds is 1. The molecule has 0 aromatic heterocycles. The number of carboxylic acids is 1. The van der Waals surface area contributed by atoms with Gasteiger partial charge in [-0.1, -0.05) is 11.9 Å². The molecule has 1 aliphatic heterocycles. The van der Waals surface area contributed by atoms with Gasteiger partial charge in [-0.15, -0.1) is 0 Å². The van der Waals surface area contributed by atoms with Crippen LogP contribution in [0.3, 0.4) is 0 Å². The van der Waals surface area contributed by atoms with E-state index in [4.69, 9.17) is 5.11 Å². The molecule has 0 aromatic rings. The van der Waals surface area contributed by atoms with Crippen LogP contribution in [0.4, 0.5) is 0 Å². The van der Waals surface area contributed by atoms with Crippen molar-refractivity contribution in [3.8, 4) is 0 Å². The fraction of sp³-hybridized carbons (Fsp3) is 0.750. The summed E-state index contributed by atoms with van der Waals surface area (Å²) in [6, 6.07) is -0.306. The van der Waals surface area contributed by atoms with Gasteiger partial charge in [0.1, 0.15) is 6.04 Å². The van der Waals surface area contributed by atoms with Crippen LogP contribution in [0, 0.1) is 0 Å². The summed E-state index contributed by atoms with van der Waals surface area (Å²) in [6.45, 7) is 0. The fourth-order valence-corrected chi connectivity index (χ4v) is 1.46. The van der Waals surface area contributed by atoms with Crippen LogP contribution in [-0.4, -0.2) is 22.9 Å². The van der Waals surface area contributed by atoms with Gasteiger partial charge in [0.25, 0.3) is 0 Å². The second-order valence-electron chi connectivity index (χ2n) is 1.65. The molecule has 0 unspecified atom stereocenters. The molecule has 0 aliphatic carbocycles. The number of carbonyl (C=O) groups is 1. The zero-order chi connectivity index (χ0) is 5.98. The predicted molar refractivity (Wildman–Crippen MR) is 31.6 cm³/mol. The van der Waals surface area contributed by atoms with Crippen molar-refractivity contribution in [1.29, 1.82) is 0 Å². The van der Waals surface area contributed by atoms with E-state index in [-0.39, 0.29) is 6.04 Å². The minimum absolute atomic E-state index is 0.306. The zero-order valence-electron chi connectivity index (χ0n) is 4.26. The Balaban J connectivity index is 2.35. The Morgan fingerprint density at radius 1 is 1.88 bits per heavy atom. The Labute approximate surface area is 51.6 Å². The topological polar surface area (TPSA) is 49.3 Å². The maximum atomic E-state index is 10.1. The van der Waals surface area contributed by atoms with Gasteiger partial charge in [0, 0.05) is 5.75 Å². The average molecular weight is 133 g/mol. The third-order valence-electron chi connectivity index (χ3n) is 1.03. The minimum atomic E-state index is -0.741. The first-order valence-electron chi connectivity index (χ1n) is 2.41. The van der Waals surface area contributed by atoms with E-state index in [0.29, 0.717) is 0 Å². The second kappa shape index (κ2) is 2.37. The van der Waals surface area contributed by atoms with E-state index in [0.717, 1.165) is 12.2 Å². The number of aliphatic carboxylic acids is 1. The molecule has 2 N–H and O–H groups in total. The molecule has 1 rings (SSSR count). The fourth-order valence-electron chi connectivity index (χ4n) is 0.569. The first kappa shape index (κ1) is 5.91. The SMILES string of the molecule is O=C(O)[C@@H]1CCSN1. The number of hydrogen-bond acceptors (Lipinski definition) is 3. The van der Waals surface area contributed by atoms with Gasteiger partial charge in [-0.2, -0.15) is 0 Å². The summed E-state index contributed by atoms with van der Waals surface area (Å²) in [7, 11) is 0. The smallest absolute Gasteiger partial charge is 0.321 e. The lowest BCUT2D eigenvalue weighted by atomic mass is 10.2. The Bertz CT molecular complexity index is 100. The van der Waals surface area contributed by atoms with Crippen molar-refractivity contribution in [1.82, 2.24) is 4.72 Å². The van der Waals surface area contributed by atoms with E-state index >= 15 is 0 Å². The maximum absolute atomic E-state index is 10.1. The Morgan fingerprint density at radius 3 is 2.88 bits per heavy atom. The predicted octanol–water partition coefficient (Wildman–Crippen LogP) is 0.0811. The number of nitrogens with one attached hydrogen (secondary N) is 1. The molecule has 8 heavy (non-hydrogen) atoms. The lowest BCUT2D eigenvalue weighted by Gasteiger charge is -1.98. The molecule has 1 fully saturated rings. The van der Waals surface area contributed by atoms with Gasteiger partial charge in [0.2, 0.25) is 0 Å². The Hall–Kier alpha value is -0.220. The van der Waals surface area contributed by atoms with E-state index in [1.165, 1.54) is 11.9 Å². The highest BCUT2D eigenvalue weighted by molar-refractivity contribution is 7.97. The van der Waals surface area contributed by atoms with Gasteiger partial charge >= 0.3 is 5.97 Å². The van der Waals surface area contributed by atoms with E-state index in [2.05, 4.69) is 4.72 Å². The minimum Gasteiger partial charge on any atom is -0.480 e. The quantitative estimate of drug-likeness (QED) is 0.497. The molecule has 1 aliphatic rings. The molecule has 1 saturated heterocycles. The van der Waals surface area contributed by atoms with Crippen LogP contribution in [0.15, 0.2) is 0 Å².